The molecule has 0 radical (unpaired) electrons. The van der Waals surface area contributed by atoms with E-state index in [-0.39, 0.29) is 60.2 Å². The molecule has 0 saturated carbocycles. The summed E-state index contributed by atoms with van der Waals surface area (Å²) in [5.41, 5.74) is 1.19. The minimum absolute atomic E-state index is 0.000502. The molecule has 0 spiro atoms. The van der Waals surface area contributed by atoms with Crippen molar-refractivity contribution in [2.45, 2.75) is 104 Å². The molecule has 1 aromatic carbocycles. The van der Waals surface area contributed by atoms with Crippen LogP contribution in [0.4, 0.5) is 0 Å². The van der Waals surface area contributed by atoms with Crippen LogP contribution in [0.3, 0.4) is 0 Å². The van der Waals surface area contributed by atoms with Crippen LogP contribution in [0.25, 0.3) is 0 Å². The van der Waals surface area contributed by atoms with E-state index >= 15 is 0 Å². The van der Waals surface area contributed by atoms with Gasteiger partial charge < -0.3 is 19.7 Å². The number of nitrogens with one attached hydrogen (secondary N) is 1. The van der Waals surface area contributed by atoms with Crippen LogP contribution in [0.2, 0.25) is 0 Å². The third-order valence-electron chi connectivity index (χ3n) is 9.49. The van der Waals surface area contributed by atoms with Crippen molar-refractivity contribution in [3.63, 3.8) is 0 Å². The van der Waals surface area contributed by atoms with Crippen LogP contribution in [0.1, 0.15) is 100 Å². The minimum atomic E-state index is -0.792. The summed E-state index contributed by atoms with van der Waals surface area (Å²) in [4.78, 5) is 73.2. The van der Waals surface area contributed by atoms with E-state index in [0.29, 0.717) is 24.3 Å². The zero-order chi connectivity index (χ0) is 36.2. The number of ether oxygens (including phenoxy) is 2. The second kappa shape index (κ2) is 18.9. The van der Waals surface area contributed by atoms with Gasteiger partial charge in [-0.15, -0.1) is 11.3 Å². The number of esters is 2. The van der Waals surface area contributed by atoms with Crippen molar-refractivity contribution in [3.8, 4) is 0 Å². The summed E-state index contributed by atoms with van der Waals surface area (Å²) < 4.78 is 10.7. The average molecular weight is 699 g/mol. The number of nitrogens with zero attached hydrogens (tertiary/aromatic N) is 3. The fourth-order valence-electron chi connectivity index (χ4n) is 6.67. The fraction of sp³-hybridized carbons (Fsp3) is 0.622. The molecule has 2 aromatic rings. The molecule has 0 bridgehead atoms. The van der Waals surface area contributed by atoms with Gasteiger partial charge in [-0.2, -0.15) is 0 Å². The number of methoxy groups -OCH3 is 1. The number of carbonyl (C=O) groups is 5. The Kier molecular flexibility index (Phi) is 15.4. The lowest BCUT2D eigenvalue weighted by atomic mass is 9.91. The van der Waals surface area contributed by atoms with Crippen molar-refractivity contribution in [2.24, 2.45) is 17.8 Å². The molecule has 0 aliphatic carbocycles. The number of Topliss-reactive ketones (excluding diaryl/α,β-unsaturated/α-hetero) is 1. The van der Waals surface area contributed by atoms with Crippen molar-refractivity contribution < 1.29 is 33.4 Å². The zero-order valence-electron chi connectivity index (χ0n) is 30.3. The molecule has 1 aromatic heterocycles. The van der Waals surface area contributed by atoms with Gasteiger partial charge in [0.05, 0.1) is 19.1 Å². The van der Waals surface area contributed by atoms with E-state index in [1.165, 1.54) is 25.4 Å². The third kappa shape index (κ3) is 11.5. The highest BCUT2D eigenvalue weighted by Gasteiger charge is 2.36. The number of ketones is 1. The number of likely N-dealkylation sites (tertiary alicyclic amines) is 1. The van der Waals surface area contributed by atoms with Crippen molar-refractivity contribution in [3.05, 3.63) is 52.0 Å². The first-order valence-corrected chi connectivity index (χ1v) is 18.2. The highest BCUT2D eigenvalue weighted by Crippen LogP contribution is 2.32. The van der Waals surface area contributed by atoms with Crippen molar-refractivity contribution in [2.75, 3.05) is 27.7 Å². The van der Waals surface area contributed by atoms with Crippen molar-refractivity contribution >= 4 is 40.9 Å². The van der Waals surface area contributed by atoms with E-state index in [1.54, 1.807) is 24.3 Å². The Hall–Kier alpha value is -3.64. The highest BCUT2D eigenvalue weighted by molar-refractivity contribution is 7.09. The molecule has 2 heterocycles. The minimum Gasteiger partial charge on any atom is -0.469 e. The first kappa shape index (κ1) is 39.8. The molecule has 1 N–H and O–H groups in total. The molecule has 1 aliphatic heterocycles. The van der Waals surface area contributed by atoms with E-state index in [9.17, 15) is 24.0 Å². The first-order valence-electron chi connectivity index (χ1n) is 17.3. The van der Waals surface area contributed by atoms with Gasteiger partial charge in [0.1, 0.15) is 10.7 Å². The van der Waals surface area contributed by atoms with E-state index in [2.05, 4.69) is 15.2 Å². The molecule has 3 rings (SSSR count). The largest absolute Gasteiger partial charge is 0.469 e. The van der Waals surface area contributed by atoms with Crippen LogP contribution in [-0.4, -0.2) is 90.2 Å². The molecule has 2 amide bonds. The number of benzene rings is 1. The lowest BCUT2D eigenvalue weighted by molar-refractivity contribution is -0.149. The van der Waals surface area contributed by atoms with Gasteiger partial charge in [0.2, 0.25) is 5.91 Å². The molecule has 1 saturated heterocycles. The van der Waals surface area contributed by atoms with Crippen LogP contribution < -0.4 is 5.32 Å². The molecule has 11 nitrogen and oxygen atoms in total. The third-order valence-corrected chi connectivity index (χ3v) is 10.4. The Bertz CT molecular complexity index is 1410. The number of rotatable bonds is 18. The molecule has 270 valence electrons. The summed E-state index contributed by atoms with van der Waals surface area (Å²) in [5, 5.41) is 5.11. The Morgan fingerprint density at radius 3 is 2.37 bits per heavy atom. The summed E-state index contributed by atoms with van der Waals surface area (Å²) in [5.74, 6) is -2.14. The summed E-state index contributed by atoms with van der Waals surface area (Å²) in [7, 11) is 5.04. The van der Waals surface area contributed by atoms with E-state index in [1.807, 2.05) is 58.2 Å². The van der Waals surface area contributed by atoms with E-state index in [4.69, 9.17) is 9.47 Å². The molecule has 0 unspecified atom stereocenters. The van der Waals surface area contributed by atoms with Gasteiger partial charge >= 0.3 is 11.9 Å². The normalized spacial score (nSPS) is 17.9. The number of hydrogen-bond donors (Lipinski definition) is 1. The number of amides is 2. The van der Waals surface area contributed by atoms with Crippen LogP contribution in [0, 0.1) is 17.8 Å². The van der Waals surface area contributed by atoms with Gasteiger partial charge in [-0.05, 0) is 57.2 Å². The maximum Gasteiger partial charge on any atom is 0.308 e. The quantitative estimate of drug-likeness (QED) is 0.208. The molecule has 1 aliphatic rings. The SMILES string of the molecule is CC[C@H](CC(=O)[C@H]1CCCN1C)C(=O)N(C)[C@H](C[C@@H](OC(C)=O)c1nc(C(=O)N[C@@H](Cc2ccccc2)C[C@H](C)C(=O)OC)cs1)C(C)C. The van der Waals surface area contributed by atoms with Crippen LogP contribution in [-0.2, 0) is 35.1 Å². The Morgan fingerprint density at radius 2 is 1.80 bits per heavy atom. The van der Waals surface area contributed by atoms with Gasteiger partial charge in [0.15, 0.2) is 11.9 Å². The van der Waals surface area contributed by atoms with E-state index < -0.39 is 29.8 Å². The number of carbonyl (C=O) groups excluding carboxylic acids is 5. The Balaban J connectivity index is 1.77. The molecule has 12 heteroatoms. The first-order chi connectivity index (χ1) is 23.2. The van der Waals surface area contributed by atoms with Gasteiger partial charge in [-0.1, -0.05) is 58.0 Å². The van der Waals surface area contributed by atoms with Gasteiger partial charge in [-0.25, -0.2) is 4.98 Å². The molecular formula is C37H54N4O7S. The molecule has 1 fully saturated rings. The fourth-order valence-corrected chi connectivity index (χ4v) is 7.50. The van der Waals surface area contributed by atoms with Crippen molar-refractivity contribution in [1.29, 1.82) is 0 Å². The molecular weight excluding hydrogens is 644 g/mol. The predicted molar refractivity (Wildman–Crippen MR) is 189 cm³/mol. The predicted octanol–water partition coefficient (Wildman–Crippen LogP) is 5.24. The van der Waals surface area contributed by atoms with Gasteiger partial charge in [-0.3, -0.25) is 28.9 Å². The summed E-state index contributed by atoms with van der Waals surface area (Å²) in [6, 6.07) is 8.87. The Labute approximate surface area is 295 Å². The summed E-state index contributed by atoms with van der Waals surface area (Å²) in [6.07, 6.45) is 2.91. The maximum absolute atomic E-state index is 13.8. The smallest absolute Gasteiger partial charge is 0.308 e. The average Bonchev–Trinajstić information content (AvgIpc) is 3.74. The second-order valence-electron chi connectivity index (χ2n) is 13.6. The topological polar surface area (TPSA) is 135 Å². The number of likely N-dealkylation sites (N-methyl/N-ethyl adjacent to an activating group) is 1. The van der Waals surface area contributed by atoms with E-state index in [0.717, 1.165) is 24.9 Å². The van der Waals surface area contributed by atoms with Crippen LogP contribution >= 0.6 is 11.3 Å². The summed E-state index contributed by atoms with van der Waals surface area (Å²) in [6.45, 7) is 9.91. The maximum atomic E-state index is 13.8. The number of thiazole rings is 1. The standard InChI is InChI=1S/C37H54N4O7S/c1-9-27(20-32(43)30-16-13-17-40(30)6)36(45)41(7)31(23(2)3)21-33(48-25(5)42)35-39-29(22-49-35)34(44)38-28(18-24(4)37(46)47-8)19-26-14-11-10-12-15-26/h10-12,14-15,22-24,27-28,30-31,33H,9,13,16-21H2,1-8H3,(H,38,44)/t24-,27+,28+,30+,31+,33+/m0/s1. The number of aromatic nitrogens is 1. The van der Waals surface area contributed by atoms with Gasteiger partial charge in [0, 0.05) is 50.2 Å². The highest BCUT2D eigenvalue weighted by atomic mass is 32.1. The monoisotopic (exact) mass is 698 g/mol. The van der Waals surface area contributed by atoms with Crippen LogP contribution in [0.5, 0.6) is 0 Å². The lowest BCUT2D eigenvalue weighted by Gasteiger charge is -2.35. The molecule has 49 heavy (non-hydrogen) atoms. The zero-order valence-corrected chi connectivity index (χ0v) is 31.1. The van der Waals surface area contributed by atoms with Crippen molar-refractivity contribution in [1.82, 2.24) is 20.1 Å². The van der Waals surface area contributed by atoms with Gasteiger partial charge in [0.25, 0.3) is 5.91 Å². The Morgan fingerprint density at radius 1 is 1.10 bits per heavy atom. The molecule has 6 atom stereocenters. The second-order valence-corrected chi connectivity index (χ2v) is 14.5. The summed E-state index contributed by atoms with van der Waals surface area (Å²) >= 11 is 1.21. The van der Waals surface area contributed by atoms with Crippen LogP contribution in [0.15, 0.2) is 35.7 Å². The number of hydrogen-bond acceptors (Lipinski definition) is 10. The lowest BCUT2D eigenvalue weighted by Crippen LogP contribution is -2.45.